The van der Waals surface area contributed by atoms with Gasteiger partial charge in [-0.2, -0.15) is 0 Å². The summed E-state index contributed by atoms with van der Waals surface area (Å²) in [5.41, 5.74) is 0.133. The maximum Gasteiger partial charge on any atom is 0.337 e. The first-order valence-corrected chi connectivity index (χ1v) is 11.2. The molecule has 0 radical (unpaired) electrons. The molecule has 0 aliphatic rings. The maximum absolute atomic E-state index is 13.3. The summed E-state index contributed by atoms with van der Waals surface area (Å²) in [7, 11) is -1.61. The molecule has 0 aromatic heterocycles. The number of benzene rings is 2. The molecule has 1 atom stereocenters. The van der Waals surface area contributed by atoms with Crippen molar-refractivity contribution >= 4 is 39.2 Å². The number of amides is 1. The van der Waals surface area contributed by atoms with Crippen molar-refractivity contribution in [3.05, 3.63) is 59.4 Å². The molecule has 1 unspecified atom stereocenters. The van der Waals surface area contributed by atoms with Crippen molar-refractivity contribution in [1.29, 1.82) is 0 Å². The van der Waals surface area contributed by atoms with Crippen molar-refractivity contribution in [2.75, 3.05) is 30.1 Å². The summed E-state index contributed by atoms with van der Waals surface area (Å²) in [6.45, 7) is 1.61. The van der Waals surface area contributed by atoms with Gasteiger partial charge >= 0.3 is 11.9 Å². The van der Waals surface area contributed by atoms with E-state index in [1.54, 1.807) is 6.92 Å². The maximum atomic E-state index is 13.3. The highest BCUT2D eigenvalue weighted by molar-refractivity contribution is 7.92. The van der Waals surface area contributed by atoms with Gasteiger partial charge in [0.05, 0.1) is 37.3 Å². The Morgan fingerprint density at radius 2 is 1.50 bits per heavy atom. The number of methoxy groups -OCH3 is 2. The van der Waals surface area contributed by atoms with Crippen molar-refractivity contribution < 1.29 is 36.7 Å². The third-order valence-corrected chi connectivity index (χ3v) is 5.63. The molecule has 9 nitrogen and oxygen atoms in total. The van der Waals surface area contributed by atoms with Crippen molar-refractivity contribution in [2.45, 2.75) is 19.4 Å². The molecule has 32 heavy (non-hydrogen) atoms. The van der Waals surface area contributed by atoms with Gasteiger partial charge in [-0.3, -0.25) is 9.10 Å². The van der Waals surface area contributed by atoms with E-state index in [0.29, 0.717) is 0 Å². The summed E-state index contributed by atoms with van der Waals surface area (Å²) in [5.74, 6) is -2.78. The highest BCUT2D eigenvalue weighted by Gasteiger charge is 2.32. The third-order valence-electron chi connectivity index (χ3n) is 4.45. The van der Waals surface area contributed by atoms with Gasteiger partial charge in [-0.25, -0.2) is 22.4 Å². The monoisotopic (exact) mass is 466 g/mol. The number of anilines is 2. The zero-order chi connectivity index (χ0) is 24.1. The SMILES string of the molecule is CCC(C(=O)Nc1cc(C(=O)OC)cc(C(=O)OC)c1)N(c1ccc(F)cc1)S(C)(=O)=O. The predicted molar refractivity (Wildman–Crippen MR) is 116 cm³/mol. The zero-order valence-corrected chi connectivity index (χ0v) is 18.7. The minimum Gasteiger partial charge on any atom is -0.465 e. The molecule has 172 valence electrons. The molecule has 1 N–H and O–H groups in total. The van der Waals surface area contributed by atoms with Crippen LogP contribution in [0.4, 0.5) is 15.8 Å². The van der Waals surface area contributed by atoms with Crippen LogP contribution < -0.4 is 9.62 Å². The molecule has 0 aliphatic heterocycles. The Morgan fingerprint density at radius 1 is 1.00 bits per heavy atom. The fourth-order valence-corrected chi connectivity index (χ4v) is 4.26. The number of nitrogens with zero attached hydrogens (tertiary/aromatic N) is 1. The van der Waals surface area contributed by atoms with Crippen LogP contribution in [0.5, 0.6) is 0 Å². The largest absolute Gasteiger partial charge is 0.465 e. The van der Waals surface area contributed by atoms with Crippen LogP contribution in [0.1, 0.15) is 34.1 Å². The summed E-state index contributed by atoms with van der Waals surface area (Å²) >= 11 is 0. The first-order valence-electron chi connectivity index (χ1n) is 9.39. The van der Waals surface area contributed by atoms with Gasteiger partial charge < -0.3 is 14.8 Å². The number of nitrogens with one attached hydrogen (secondary N) is 1. The number of sulfonamides is 1. The van der Waals surface area contributed by atoms with E-state index in [0.717, 1.165) is 36.9 Å². The van der Waals surface area contributed by atoms with Gasteiger partial charge in [-0.05, 0) is 48.9 Å². The lowest BCUT2D eigenvalue weighted by Crippen LogP contribution is -2.47. The van der Waals surface area contributed by atoms with Gasteiger partial charge in [0.25, 0.3) is 0 Å². The molecule has 0 aliphatic carbocycles. The first kappa shape index (κ1) is 24.8. The second-order valence-corrected chi connectivity index (χ2v) is 8.59. The molecule has 1 amide bonds. The van der Waals surface area contributed by atoms with Gasteiger partial charge in [-0.1, -0.05) is 6.92 Å². The topological polar surface area (TPSA) is 119 Å². The van der Waals surface area contributed by atoms with E-state index in [1.165, 1.54) is 30.3 Å². The third kappa shape index (κ3) is 5.82. The van der Waals surface area contributed by atoms with Gasteiger partial charge in [-0.15, -0.1) is 0 Å². The number of hydrogen-bond donors (Lipinski definition) is 1. The van der Waals surface area contributed by atoms with Crippen LogP contribution >= 0.6 is 0 Å². The number of halogens is 1. The number of carbonyl (C=O) groups is 3. The summed E-state index contributed by atoms with van der Waals surface area (Å²) in [6, 6.07) is 7.28. The average Bonchev–Trinajstić information content (AvgIpc) is 2.75. The Hall–Kier alpha value is -3.47. The number of hydrogen-bond acceptors (Lipinski definition) is 7. The molecule has 0 spiro atoms. The lowest BCUT2D eigenvalue weighted by Gasteiger charge is -2.30. The molecule has 11 heteroatoms. The van der Waals surface area contributed by atoms with Gasteiger partial charge in [0, 0.05) is 5.69 Å². The van der Waals surface area contributed by atoms with Crippen LogP contribution in [0.2, 0.25) is 0 Å². The lowest BCUT2D eigenvalue weighted by atomic mass is 10.1. The minimum atomic E-state index is -3.93. The highest BCUT2D eigenvalue weighted by Crippen LogP contribution is 2.24. The molecule has 0 saturated carbocycles. The van der Waals surface area contributed by atoms with E-state index in [1.807, 2.05) is 0 Å². The van der Waals surface area contributed by atoms with Crippen LogP contribution in [-0.2, 0) is 24.3 Å². The Balaban J connectivity index is 2.46. The Labute approximate surface area is 185 Å². The quantitative estimate of drug-likeness (QED) is 0.594. The average molecular weight is 466 g/mol. The number of esters is 2. The van der Waals surface area contributed by atoms with Crippen molar-refractivity contribution in [3.63, 3.8) is 0 Å². The molecule has 2 aromatic carbocycles. The van der Waals surface area contributed by atoms with Crippen LogP contribution in [0.3, 0.4) is 0 Å². The van der Waals surface area contributed by atoms with Crippen LogP contribution in [0.15, 0.2) is 42.5 Å². The molecule has 2 aromatic rings. The van der Waals surface area contributed by atoms with Crippen molar-refractivity contribution in [1.82, 2.24) is 0 Å². The van der Waals surface area contributed by atoms with E-state index in [2.05, 4.69) is 14.8 Å². The molecule has 0 saturated heterocycles. The van der Waals surface area contributed by atoms with E-state index < -0.39 is 39.7 Å². The van der Waals surface area contributed by atoms with E-state index >= 15 is 0 Å². The van der Waals surface area contributed by atoms with Crippen LogP contribution in [0, 0.1) is 5.82 Å². The molecular formula is C21H23FN2O7S. The van der Waals surface area contributed by atoms with Crippen LogP contribution in [-0.4, -0.2) is 52.8 Å². The van der Waals surface area contributed by atoms with Crippen molar-refractivity contribution in [3.8, 4) is 0 Å². The summed E-state index contributed by atoms with van der Waals surface area (Å²) in [6.07, 6.45) is 1.01. The second-order valence-electron chi connectivity index (χ2n) is 6.73. The fraction of sp³-hybridized carbons (Fsp3) is 0.286. The standard InChI is InChI=1S/C21H23FN2O7S/c1-5-18(24(32(4,28)29)17-8-6-15(22)7-9-17)19(25)23-16-11-13(20(26)30-2)10-14(12-16)21(27)31-3/h6-12,18H,5H2,1-4H3,(H,23,25). The zero-order valence-electron chi connectivity index (χ0n) is 17.9. The normalized spacial score (nSPS) is 11.9. The van der Waals surface area contributed by atoms with E-state index in [-0.39, 0.29) is 28.9 Å². The van der Waals surface area contributed by atoms with Crippen LogP contribution in [0.25, 0.3) is 0 Å². The summed E-state index contributed by atoms with van der Waals surface area (Å²) < 4.78 is 48.5. The highest BCUT2D eigenvalue weighted by atomic mass is 32.2. The lowest BCUT2D eigenvalue weighted by molar-refractivity contribution is -0.117. The van der Waals surface area contributed by atoms with Crippen molar-refractivity contribution in [2.24, 2.45) is 0 Å². The number of ether oxygens (including phenoxy) is 2. The van der Waals surface area contributed by atoms with Gasteiger partial charge in [0.1, 0.15) is 11.9 Å². The Morgan fingerprint density at radius 3 is 1.91 bits per heavy atom. The predicted octanol–water partition coefficient (Wildman–Crippen LogP) is 2.58. The molecule has 2 rings (SSSR count). The van der Waals surface area contributed by atoms with E-state index in [9.17, 15) is 27.2 Å². The number of carbonyl (C=O) groups excluding carboxylic acids is 3. The van der Waals surface area contributed by atoms with Gasteiger partial charge in [0.15, 0.2) is 0 Å². The second kappa shape index (κ2) is 10.2. The molecule has 0 fully saturated rings. The molecule has 0 heterocycles. The Kier molecular flexibility index (Phi) is 7.92. The minimum absolute atomic E-state index is 0.0164. The smallest absolute Gasteiger partial charge is 0.337 e. The van der Waals surface area contributed by atoms with Gasteiger partial charge in [0.2, 0.25) is 15.9 Å². The van der Waals surface area contributed by atoms with E-state index in [4.69, 9.17) is 0 Å². The molecule has 0 bridgehead atoms. The summed E-state index contributed by atoms with van der Waals surface area (Å²) in [4.78, 5) is 37.0. The Bertz CT molecular complexity index is 1080. The molecular weight excluding hydrogens is 443 g/mol. The summed E-state index contributed by atoms with van der Waals surface area (Å²) in [5, 5.41) is 2.53. The first-order chi connectivity index (χ1) is 15.0. The number of rotatable bonds is 8. The fourth-order valence-electron chi connectivity index (χ4n) is 3.05.